The average Bonchev–Trinajstić information content (AvgIpc) is 2.63. The molecule has 0 bridgehead atoms. The molecule has 0 aliphatic rings. The maximum atomic E-state index is 5.18. The van der Waals surface area contributed by atoms with Crippen molar-refractivity contribution in [1.82, 2.24) is 0 Å². The van der Waals surface area contributed by atoms with Crippen LogP contribution in [0.1, 0.15) is 12.5 Å². The summed E-state index contributed by atoms with van der Waals surface area (Å²) in [7, 11) is 1.70. The maximum absolute atomic E-state index is 5.18. The number of rotatable bonds is 2. The van der Waals surface area contributed by atoms with Crippen molar-refractivity contribution in [2.24, 2.45) is 0 Å². The van der Waals surface area contributed by atoms with E-state index in [1.807, 2.05) is 6.92 Å². The summed E-state index contributed by atoms with van der Waals surface area (Å²) in [6, 6.07) is 8.52. The predicted octanol–water partition coefficient (Wildman–Crippen LogP) is 3.45. The molecule has 0 saturated heterocycles. The SMILES string of the molecule is CO[C-](C)c1ccc2ccsc2c1. The average molecular weight is 191 g/mol. The van der Waals surface area contributed by atoms with Gasteiger partial charge in [-0.25, -0.2) is 0 Å². The van der Waals surface area contributed by atoms with Crippen molar-refractivity contribution in [2.75, 3.05) is 7.11 Å². The Balaban J connectivity index is 2.48. The first kappa shape index (κ1) is 8.60. The zero-order valence-corrected chi connectivity index (χ0v) is 8.52. The molecule has 0 atom stereocenters. The highest BCUT2D eigenvalue weighted by molar-refractivity contribution is 7.17. The van der Waals surface area contributed by atoms with Crippen LogP contribution in [0.5, 0.6) is 0 Å². The molecule has 68 valence electrons. The third kappa shape index (κ3) is 1.55. The summed E-state index contributed by atoms with van der Waals surface area (Å²) in [6.07, 6.45) is 0.968. The molecule has 0 fully saturated rings. The Hall–Kier alpha value is -0.990. The summed E-state index contributed by atoms with van der Waals surface area (Å²) in [5.74, 6) is 0. The van der Waals surface area contributed by atoms with Crippen LogP contribution in [-0.4, -0.2) is 7.11 Å². The quantitative estimate of drug-likeness (QED) is 0.661. The number of fused-ring (bicyclic) bond motifs is 1. The van der Waals surface area contributed by atoms with Crippen LogP contribution in [0.3, 0.4) is 0 Å². The molecular formula is C11H11OS-. The number of ether oxygens (including phenoxy) is 1. The zero-order chi connectivity index (χ0) is 9.26. The Morgan fingerprint density at radius 3 is 2.92 bits per heavy atom. The van der Waals surface area contributed by atoms with Crippen molar-refractivity contribution in [3.63, 3.8) is 0 Å². The van der Waals surface area contributed by atoms with Gasteiger partial charge >= 0.3 is 0 Å². The Bertz CT molecular complexity index is 405. The summed E-state index contributed by atoms with van der Waals surface area (Å²) >= 11 is 1.76. The Kier molecular flexibility index (Phi) is 2.25. The van der Waals surface area contributed by atoms with Crippen LogP contribution in [-0.2, 0) is 4.74 Å². The van der Waals surface area contributed by atoms with Crippen LogP contribution in [0, 0.1) is 6.10 Å². The van der Waals surface area contributed by atoms with Gasteiger partial charge in [-0.2, -0.15) is 23.0 Å². The number of benzene rings is 1. The minimum absolute atomic E-state index is 0.968. The van der Waals surface area contributed by atoms with Crippen LogP contribution in [0.4, 0.5) is 0 Å². The molecule has 1 aromatic carbocycles. The Morgan fingerprint density at radius 2 is 2.15 bits per heavy atom. The van der Waals surface area contributed by atoms with Gasteiger partial charge in [0, 0.05) is 7.11 Å². The van der Waals surface area contributed by atoms with E-state index in [-0.39, 0.29) is 0 Å². The molecule has 1 heterocycles. The summed E-state index contributed by atoms with van der Waals surface area (Å²) in [5.41, 5.74) is 1.16. The first-order valence-electron chi connectivity index (χ1n) is 4.16. The van der Waals surface area contributed by atoms with Gasteiger partial charge in [0.2, 0.25) is 0 Å². The van der Waals surface area contributed by atoms with Gasteiger partial charge in [-0.15, -0.1) is 12.1 Å². The van der Waals surface area contributed by atoms with E-state index in [0.29, 0.717) is 0 Å². The summed E-state index contributed by atoms with van der Waals surface area (Å²) in [4.78, 5) is 0. The van der Waals surface area contributed by atoms with Gasteiger partial charge in [0.25, 0.3) is 0 Å². The number of hydrogen-bond donors (Lipinski definition) is 0. The van der Waals surface area contributed by atoms with Crippen molar-refractivity contribution in [2.45, 2.75) is 6.92 Å². The van der Waals surface area contributed by atoms with E-state index >= 15 is 0 Å². The van der Waals surface area contributed by atoms with Crippen molar-refractivity contribution in [3.8, 4) is 0 Å². The number of hydrogen-bond acceptors (Lipinski definition) is 2. The fourth-order valence-electron chi connectivity index (χ4n) is 1.29. The molecule has 2 rings (SSSR count). The molecule has 1 aromatic heterocycles. The lowest BCUT2D eigenvalue weighted by Crippen LogP contribution is -1.95. The van der Waals surface area contributed by atoms with Crippen LogP contribution < -0.4 is 0 Å². The third-order valence-corrected chi connectivity index (χ3v) is 3.05. The Morgan fingerprint density at radius 1 is 1.31 bits per heavy atom. The normalized spacial score (nSPS) is 10.6. The second-order valence-corrected chi connectivity index (χ2v) is 3.88. The van der Waals surface area contributed by atoms with E-state index in [2.05, 4.69) is 29.6 Å². The fraction of sp³-hybridized carbons (Fsp3) is 0.182. The van der Waals surface area contributed by atoms with Crippen LogP contribution in [0.15, 0.2) is 29.6 Å². The van der Waals surface area contributed by atoms with Crippen LogP contribution in [0.25, 0.3) is 10.1 Å². The van der Waals surface area contributed by atoms with Crippen molar-refractivity contribution < 1.29 is 4.74 Å². The molecule has 0 radical (unpaired) electrons. The minimum Gasteiger partial charge on any atom is -0.414 e. The number of methoxy groups -OCH3 is 1. The van der Waals surface area contributed by atoms with E-state index in [1.165, 1.54) is 10.1 Å². The number of thiophene rings is 1. The topological polar surface area (TPSA) is 9.23 Å². The molecule has 0 aliphatic heterocycles. The molecule has 0 spiro atoms. The molecule has 0 unspecified atom stereocenters. The van der Waals surface area contributed by atoms with Gasteiger partial charge in [0.05, 0.1) is 0 Å². The second-order valence-electron chi connectivity index (χ2n) is 2.93. The maximum Gasteiger partial charge on any atom is 0.0262 e. The molecule has 13 heavy (non-hydrogen) atoms. The lowest BCUT2D eigenvalue weighted by Gasteiger charge is -2.18. The monoisotopic (exact) mass is 191 g/mol. The van der Waals surface area contributed by atoms with Gasteiger partial charge in [0.15, 0.2) is 0 Å². The van der Waals surface area contributed by atoms with Crippen LogP contribution in [0.2, 0.25) is 0 Å². The van der Waals surface area contributed by atoms with E-state index in [4.69, 9.17) is 4.74 Å². The van der Waals surface area contributed by atoms with Crippen LogP contribution >= 0.6 is 11.3 Å². The molecule has 0 amide bonds. The van der Waals surface area contributed by atoms with Gasteiger partial charge < -0.3 is 4.74 Å². The summed E-state index contributed by atoms with van der Waals surface area (Å²) in [6.45, 7) is 1.98. The van der Waals surface area contributed by atoms with Gasteiger partial charge in [0.1, 0.15) is 0 Å². The highest BCUT2D eigenvalue weighted by atomic mass is 32.1. The zero-order valence-electron chi connectivity index (χ0n) is 7.70. The molecule has 1 nitrogen and oxygen atoms in total. The summed E-state index contributed by atoms with van der Waals surface area (Å²) in [5, 5.41) is 3.41. The predicted molar refractivity (Wildman–Crippen MR) is 56.9 cm³/mol. The molecule has 2 aromatic rings. The standard InChI is InChI=1S/C11H11OS/c1-8(12-2)10-4-3-9-5-6-13-11(9)7-10/h3-7H,1-2H3/q-1. The van der Waals surface area contributed by atoms with Gasteiger partial charge in [-0.05, 0) is 21.5 Å². The second kappa shape index (κ2) is 3.40. The summed E-state index contributed by atoms with van der Waals surface area (Å²) < 4.78 is 6.50. The first-order chi connectivity index (χ1) is 6.31. The van der Waals surface area contributed by atoms with Gasteiger partial charge in [-0.1, -0.05) is 13.0 Å². The minimum atomic E-state index is 0.968. The fourth-order valence-corrected chi connectivity index (χ4v) is 2.12. The van der Waals surface area contributed by atoms with Crippen molar-refractivity contribution in [1.29, 1.82) is 0 Å². The molecule has 0 saturated carbocycles. The first-order valence-corrected chi connectivity index (χ1v) is 5.04. The van der Waals surface area contributed by atoms with E-state index < -0.39 is 0 Å². The molecule has 0 aliphatic carbocycles. The lowest BCUT2D eigenvalue weighted by molar-refractivity contribution is 0.236. The van der Waals surface area contributed by atoms with E-state index in [1.54, 1.807) is 18.4 Å². The van der Waals surface area contributed by atoms with Crippen molar-refractivity contribution in [3.05, 3.63) is 41.3 Å². The molecule has 2 heteroatoms. The molecule has 0 N–H and O–H groups in total. The highest BCUT2D eigenvalue weighted by Gasteiger charge is 1.95. The lowest BCUT2D eigenvalue weighted by atomic mass is 10.1. The van der Waals surface area contributed by atoms with Crippen molar-refractivity contribution >= 4 is 21.4 Å². The highest BCUT2D eigenvalue weighted by Crippen LogP contribution is 2.25. The van der Waals surface area contributed by atoms with E-state index in [9.17, 15) is 0 Å². The molecular weight excluding hydrogens is 180 g/mol. The largest absolute Gasteiger partial charge is 0.414 e. The van der Waals surface area contributed by atoms with Gasteiger partial charge in [-0.3, -0.25) is 0 Å². The Labute approximate surface area is 82.0 Å². The van der Waals surface area contributed by atoms with E-state index in [0.717, 1.165) is 11.7 Å². The smallest absolute Gasteiger partial charge is 0.0262 e. The third-order valence-electron chi connectivity index (χ3n) is 2.17.